The van der Waals surface area contributed by atoms with Gasteiger partial charge in [0.2, 0.25) is 5.91 Å². The van der Waals surface area contributed by atoms with Gasteiger partial charge >= 0.3 is 6.03 Å². The van der Waals surface area contributed by atoms with Gasteiger partial charge in [0.1, 0.15) is 6.04 Å². The van der Waals surface area contributed by atoms with Crippen LogP contribution in [0, 0.1) is 0 Å². The van der Waals surface area contributed by atoms with Gasteiger partial charge in [0, 0.05) is 56.1 Å². The van der Waals surface area contributed by atoms with Crippen molar-refractivity contribution in [3.05, 3.63) is 156 Å². The number of para-hydroxylation sites is 1. The van der Waals surface area contributed by atoms with Crippen LogP contribution in [0.5, 0.6) is 0 Å². The number of nitrogens with zero attached hydrogens (tertiary/aromatic N) is 2. The third-order valence-corrected chi connectivity index (χ3v) is 9.61. The molecule has 0 saturated heterocycles. The zero-order valence-corrected chi connectivity index (χ0v) is 31.3. The minimum atomic E-state index is -0.617. The second-order valence-electron chi connectivity index (χ2n) is 13.6. The van der Waals surface area contributed by atoms with Crippen molar-refractivity contribution in [1.82, 2.24) is 10.2 Å². The van der Waals surface area contributed by atoms with Crippen molar-refractivity contribution < 1.29 is 14.4 Å². The number of ketones is 1. The van der Waals surface area contributed by atoms with Gasteiger partial charge in [-0.15, -0.1) is 0 Å². The first-order valence-electron chi connectivity index (χ1n) is 18.8. The summed E-state index contributed by atoms with van der Waals surface area (Å²) in [5.41, 5.74) is 6.69. The van der Waals surface area contributed by atoms with Crippen molar-refractivity contribution in [2.24, 2.45) is 0 Å². The molecule has 0 aromatic heterocycles. The molecular formula is C46H52N4O3. The van der Waals surface area contributed by atoms with Crippen LogP contribution in [0.2, 0.25) is 0 Å². The van der Waals surface area contributed by atoms with Gasteiger partial charge in [-0.1, -0.05) is 142 Å². The number of likely N-dealkylation sites (N-methyl/N-ethyl adjacent to an activating group) is 1. The zero-order chi connectivity index (χ0) is 37.4. The maximum atomic E-state index is 14.1. The lowest BCUT2D eigenvalue weighted by Crippen LogP contribution is -2.43. The molecule has 5 rings (SSSR count). The number of amides is 3. The van der Waals surface area contributed by atoms with Crippen molar-refractivity contribution in [3.8, 4) is 11.1 Å². The first-order chi connectivity index (χ1) is 25.8. The van der Waals surface area contributed by atoms with E-state index in [4.69, 9.17) is 0 Å². The Hall–Kier alpha value is -5.69. The molecule has 3 amide bonds. The summed E-state index contributed by atoms with van der Waals surface area (Å²) >= 11 is 0. The van der Waals surface area contributed by atoms with E-state index >= 15 is 0 Å². The van der Waals surface area contributed by atoms with Crippen LogP contribution in [0.4, 0.5) is 16.2 Å². The quantitative estimate of drug-likeness (QED) is 0.0702. The number of anilines is 2. The molecule has 5 aromatic carbocycles. The smallest absolute Gasteiger partial charge is 0.321 e. The monoisotopic (exact) mass is 708 g/mol. The van der Waals surface area contributed by atoms with E-state index in [0.717, 1.165) is 41.6 Å². The average molecular weight is 709 g/mol. The summed E-state index contributed by atoms with van der Waals surface area (Å²) in [4.78, 5) is 44.0. The topological polar surface area (TPSA) is 81.8 Å². The lowest BCUT2D eigenvalue weighted by molar-refractivity contribution is -0.130. The Bertz CT molecular complexity index is 1910. The van der Waals surface area contributed by atoms with Gasteiger partial charge in [0.15, 0.2) is 5.78 Å². The number of hydrogen-bond donors (Lipinski definition) is 2. The SMILES string of the molecule is CCCCCCCNC(=O)N(C)c1cccc(-c2ccc(C[C@H](Nc3ccccc3C(=O)c3ccccc3)C(=O)N(C)CCc3ccccc3)cc2)c1. The predicted octanol–water partition coefficient (Wildman–Crippen LogP) is 9.43. The van der Waals surface area contributed by atoms with Crippen LogP contribution in [0.3, 0.4) is 0 Å². The molecule has 2 N–H and O–H groups in total. The molecule has 0 bridgehead atoms. The van der Waals surface area contributed by atoms with E-state index in [0.29, 0.717) is 36.3 Å². The van der Waals surface area contributed by atoms with Crippen LogP contribution in [-0.2, 0) is 17.6 Å². The maximum absolute atomic E-state index is 14.1. The number of rotatable bonds is 18. The Labute approximate surface area is 315 Å². The fourth-order valence-electron chi connectivity index (χ4n) is 6.38. The number of nitrogens with one attached hydrogen (secondary N) is 2. The number of benzene rings is 5. The Morgan fingerprint density at radius 2 is 1.34 bits per heavy atom. The van der Waals surface area contributed by atoms with E-state index < -0.39 is 6.04 Å². The van der Waals surface area contributed by atoms with Crippen LogP contribution in [-0.4, -0.2) is 55.8 Å². The lowest BCUT2D eigenvalue weighted by Gasteiger charge is -2.26. The van der Waals surface area contributed by atoms with Crippen LogP contribution in [0.25, 0.3) is 11.1 Å². The molecule has 53 heavy (non-hydrogen) atoms. The molecule has 0 aliphatic rings. The molecule has 0 aliphatic heterocycles. The molecule has 0 unspecified atom stereocenters. The standard InChI is InChI=1S/C46H52N4O3/c1-4-5-6-7-16-31-47-46(53)50(3)40-23-17-22-39(34-40)37-28-26-36(27-29-37)33-43(45(52)49(2)32-30-35-18-10-8-11-19-35)48-42-25-15-14-24-41(42)44(51)38-20-12-9-13-21-38/h8-15,17-29,34,43,48H,4-7,16,30-33H2,1-3H3,(H,47,53)/t43-/m0/s1. The minimum absolute atomic E-state index is 0.0538. The normalized spacial score (nSPS) is 11.4. The molecule has 0 saturated carbocycles. The second-order valence-corrected chi connectivity index (χ2v) is 13.6. The van der Waals surface area contributed by atoms with Gasteiger partial charge in [-0.3, -0.25) is 14.5 Å². The number of hydrogen-bond acceptors (Lipinski definition) is 4. The molecule has 0 fully saturated rings. The van der Waals surface area contributed by atoms with E-state index in [2.05, 4.69) is 41.8 Å². The van der Waals surface area contributed by atoms with Crippen molar-refractivity contribution in [2.75, 3.05) is 37.4 Å². The van der Waals surface area contributed by atoms with Crippen molar-refractivity contribution in [1.29, 1.82) is 0 Å². The van der Waals surface area contributed by atoms with Crippen LogP contribution < -0.4 is 15.5 Å². The molecule has 7 heteroatoms. The summed E-state index contributed by atoms with van der Waals surface area (Å²) in [6, 6.07) is 42.2. The summed E-state index contributed by atoms with van der Waals surface area (Å²) in [6.45, 7) is 3.43. The van der Waals surface area contributed by atoms with Crippen LogP contribution in [0.15, 0.2) is 133 Å². The Morgan fingerprint density at radius 1 is 0.660 bits per heavy atom. The summed E-state index contributed by atoms with van der Waals surface area (Å²) < 4.78 is 0. The molecular weight excluding hydrogens is 657 g/mol. The predicted molar refractivity (Wildman–Crippen MR) is 218 cm³/mol. The summed E-state index contributed by atoms with van der Waals surface area (Å²) in [5, 5.41) is 6.52. The van der Waals surface area contributed by atoms with E-state index in [1.807, 2.05) is 98.0 Å². The van der Waals surface area contributed by atoms with Gasteiger partial charge in [-0.05, 0) is 59.4 Å². The third kappa shape index (κ3) is 11.1. The lowest BCUT2D eigenvalue weighted by atomic mass is 9.98. The summed E-state index contributed by atoms with van der Waals surface area (Å²) in [5.74, 6) is -0.156. The summed E-state index contributed by atoms with van der Waals surface area (Å²) in [7, 11) is 3.63. The van der Waals surface area contributed by atoms with Crippen LogP contribution in [0.1, 0.15) is 66.1 Å². The minimum Gasteiger partial charge on any atom is -0.373 e. The number of unbranched alkanes of at least 4 members (excludes halogenated alkanes) is 4. The first-order valence-corrected chi connectivity index (χ1v) is 18.8. The Balaban J connectivity index is 1.31. The van der Waals surface area contributed by atoms with E-state index in [-0.39, 0.29) is 17.7 Å². The maximum Gasteiger partial charge on any atom is 0.321 e. The van der Waals surface area contributed by atoms with E-state index in [9.17, 15) is 14.4 Å². The first kappa shape index (κ1) is 38.5. The van der Waals surface area contributed by atoms with Crippen LogP contribution >= 0.6 is 0 Å². The molecule has 1 atom stereocenters. The summed E-state index contributed by atoms with van der Waals surface area (Å²) in [6.07, 6.45) is 6.90. The highest BCUT2D eigenvalue weighted by Crippen LogP contribution is 2.26. The van der Waals surface area contributed by atoms with E-state index in [1.54, 1.807) is 35.0 Å². The van der Waals surface area contributed by atoms with Gasteiger partial charge in [0.05, 0.1) is 0 Å². The Morgan fingerprint density at radius 3 is 2.08 bits per heavy atom. The van der Waals surface area contributed by atoms with Crippen molar-refractivity contribution in [2.45, 2.75) is 57.9 Å². The highest BCUT2D eigenvalue weighted by atomic mass is 16.2. The van der Waals surface area contributed by atoms with E-state index in [1.165, 1.54) is 24.8 Å². The molecule has 0 radical (unpaired) electrons. The second kappa shape index (κ2) is 19.8. The number of urea groups is 1. The average Bonchev–Trinajstić information content (AvgIpc) is 3.21. The third-order valence-electron chi connectivity index (χ3n) is 9.61. The fourth-order valence-corrected chi connectivity index (χ4v) is 6.38. The van der Waals surface area contributed by atoms with Gasteiger partial charge in [-0.2, -0.15) is 0 Å². The van der Waals surface area contributed by atoms with Gasteiger partial charge in [-0.25, -0.2) is 4.79 Å². The molecule has 7 nitrogen and oxygen atoms in total. The number of carbonyl (C=O) groups excluding carboxylic acids is 3. The molecule has 0 spiro atoms. The molecule has 0 aliphatic carbocycles. The largest absolute Gasteiger partial charge is 0.373 e. The fraction of sp³-hybridized carbons (Fsp3) is 0.283. The molecule has 274 valence electrons. The molecule has 0 heterocycles. The van der Waals surface area contributed by atoms with Gasteiger partial charge in [0.25, 0.3) is 0 Å². The highest BCUT2D eigenvalue weighted by molar-refractivity contribution is 6.12. The number of carbonyl (C=O) groups is 3. The highest BCUT2D eigenvalue weighted by Gasteiger charge is 2.25. The van der Waals surface area contributed by atoms with Gasteiger partial charge < -0.3 is 15.5 Å². The molecule has 5 aromatic rings. The Kier molecular flexibility index (Phi) is 14.4. The van der Waals surface area contributed by atoms with Crippen molar-refractivity contribution >= 4 is 29.1 Å². The van der Waals surface area contributed by atoms with Crippen molar-refractivity contribution in [3.63, 3.8) is 0 Å². The zero-order valence-electron chi connectivity index (χ0n) is 31.3.